The molecule has 1 aromatic carbocycles. The summed E-state index contributed by atoms with van der Waals surface area (Å²) in [5.41, 5.74) is 7.37. The average Bonchev–Trinajstić information content (AvgIpc) is 2.50. The first-order chi connectivity index (χ1) is 10.2. The molecule has 0 aromatic heterocycles. The molecule has 1 aliphatic carbocycles. The highest BCUT2D eigenvalue weighted by molar-refractivity contribution is 5.29. The highest BCUT2D eigenvalue weighted by Gasteiger charge is 2.29. The van der Waals surface area contributed by atoms with Crippen LogP contribution in [0, 0.1) is 5.92 Å². The Labute approximate surface area is 129 Å². The molecule has 3 heteroatoms. The molecule has 0 heterocycles. The van der Waals surface area contributed by atoms with Gasteiger partial charge in [0.05, 0.1) is 6.61 Å². The van der Waals surface area contributed by atoms with Gasteiger partial charge in [0.1, 0.15) is 5.75 Å². The Balaban J connectivity index is 2.10. The second-order valence-corrected chi connectivity index (χ2v) is 6.25. The van der Waals surface area contributed by atoms with Crippen molar-refractivity contribution in [3.63, 3.8) is 0 Å². The molecule has 0 saturated heterocycles. The van der Waals surface area contributed by atoms with Crippen LogP contribution in [0.25, 0.3) is 0 Å². The molecule has 3 unspecified atom stereocenters. The number of ether oxygens (including phenoxy) is 1. The summed E-state index contributed by atoms with van der Waals surface area (Å²) in [6.07, 6.45) is 5.36. The highest BCUT2D eigenvalue weighted by Crippen LogP contribution is 2.32. The molecular weight excluding hydrogens is 260 g/mol. The van der Waals surface area contributed by atoms with E-state index < -0.39 is 0 Å². The molecule has 1 aliphatic rings. The second-order valence-electron chi connectivity index (χ2n) is 6.25. The molecule has 1 saturated carbocycles. The van der Waals surface area contributed by atoms with E-state index in [-0.39, 0.29) is 0 Å². The van der Waals surface area contributed by atoms with Crippen LogP contribution in [0.2, 0.25) is 0 Å². The summed E-state index contributed by atoms with van der Waals surface area (Å²) in [4.78, 5) is 2.50. The minimum Gasteiger partial charge on any atom is -0.494 e. The Hall–Kier alpha value is -1.06. The number of hydrogen-bond donors (Lipinski definition) is 1. The first kappa shape index (κ1) is 16.3. The van der Waals surface area contributed by atoms with Gasteiger partial charge in [-0.1, -0.05) is 31.9 Å². The van der Waals surface area contributed by atoms with Gasteiger partial charge in [0.25, 0.3) is 0 Å². The van der Waals surface area contributed by atoms with Crippen LogP contribution in [0.15, 0.2) is 24.3 Å². The topological polar surface area (TPSA) is 38.5 Å². The highest BCUT2D eigenvalue weighted by atomic mass is 16.5. The van der Waals surface area contributed by atoms with Crippen molar-refractivity contribution in [2.24, 2.45) is 11.7 Å². The predicted molar refractivity (Wildman–Crippen MR) is 88.6 cm³/mol. The first-order valence-corrected chi connectivity index (χ1v) is 8.32. The van der Waals surface area contributed by atoms with E-state index in [0.717, 1.165) is 11.7 Å². The maximum Gasteiger partial charge on any atom is 0.119 e. The quantitative estimate of drug-likeness (QED) is 0.870. The van der Waals surface area contributed by atoms with E-state index in [1.165, 1.54) is 31.2 Å². The lowest BCUT2D eigenvalue weighted by Crippen LogP contribution is -2.43. The minimum atomic E-state index is 0.297. The van der Waals surface area contributed by atoms with E-state index in [0.29, 0.717) is 25.2 Å². The maximum atomic E-state index is 6.08. The molecule has 2 rings (SSSR count). The van der Waals surface area contributed by atoms with Crippen molar-refractivity contribution in [1.29, 1.82) is 0 Å². The predicted octanol–water partition coefficient (Wildman–Crippen LogP) is 3.60. The molecule has 21 heavy (non-hydrogen) atoms. The Morgan fingerprint density at radius 3 is 2.48 bits per heavy atom. The van der Waals surface area contributed by atoms with E-state index in [9.17, 15) is 0 Å². The summed E-state index contributed by atoms with van der Waals surface area (Å²) in [6.45, 7) is 5.76. The van der Waals surface area contributed by atoms with Gasteiger partial charge < -0.3 is 10.5 Å². The summed E-state index contributed by atoms with van der Waals surface area (Å²) in [5.74, 6) is 1.70. The van der Waals surface area contributed by atoms with Crippen LogP contribution in [0.1, 0.15) is 51.1 Å². The Bertz CT molecular complexity index is 418. The third-order valence-corrected chi connectivity index (χ3v) is 4.88. The van der Waals surface area contributed by atoms with Gasteiger partial charge in [-0.25, -0.2) is 0 Å². The summed E-state index contributed by atoms with van der Waals surface area (Å²) < 4.78 is 5.52. The summed E-state index contributed by atoms with van der Waals surface area (Å²) in [5, 5.41) is 0. The third-order valence-electron chi connectivity index (χ3n) is 4.88. The zero-order chi connectivity index (χ0) is 15.2. The van der Waals surface area contributed by atoms with E-state index in [1.807, 2.05) is 6.92 Å². The van der Waals surface area contributed by atoms with Gasteiger partial charge in [0.2, 0.25) is 0 Å². The lowest BCUT2D eigenvalue weighted by atomic mass is 9.84. The van der Waals surface area contributed by atoms with Crippen molar-refractivity contribution in [3.8, 4) is 5.75 Å². The summed E-state index contributed by atoms with van der Waals surface area (Å²) in [6, 6.07) is 9.38. The van der Waals surface area contributed by atoms with Crippen molar-refractivity contribution in [1.82, 2.24) is 4.90 Å². The van der Waals surface area contributed by atoms with Gasteiger partial charge in [-0.2, -0.15) is 0 Å². The molecule has 0 radical (unpaired) electrons. The van der Waals surface area contributed by atoms with Crippen molar-refractivity contribution in [2.45, 2.75) is 51.6 Å². The molecule has 118 valence electrons. The van der Waals surface area contributed by atoms with Gasteiger partial charge in [-0.3, -0.25) is 4.90 Å². The van der Waals surface area contributed by atoms with Crippen LogP contribution >= 0.6 is 0 Å². The van der Waals surface area contributed by atoms with Gasteiger partial charge >= 0.3 is 0 Å². The fraction of sp³-hybridized carbons (Fsp3) is 0.667. The normalized spacial score (nSPS) is 24.0. The maximum absolute atomic E-state index is 6.08. The van der Waals surface area contributed by atoms with Crippen LogP contribution in [0.4, 0.5) is 0 Å². The molecule has 0 spiro atoms. The summed E-state index contributed by atoms with van der Waals surface area (Å²) in [7, 11) is 2.24. The van der Waals surface area contributed by atoms with Crippen LogP contribution in [-0.2, 0) is 0 Å². The minimum absolute atomic E-state index is 0.297. The van der Waals surface area contributed by atoms with Gasteiger partial charge in [-0.05, 0) is 50.4 Å². The van der Waals surface area contributed by atoms with E-state index in [1.54, 1.807) is 0 Å². The zero-order valence-electron chi connectivity index (χ0n) is 13.7. The third kappa shape index (κ3) is 3.98. The molecule has 0 aliphatic heterocycles. The fourth-order valence-corrected chi connectivity index (χ4v) is 3.62. The van der Waals surface area contributed by atoms with E-state index in [2.05, 4.69) is 43.1 Å². The van der Waals surface area contributed by atoms with Gasteiger partial charge in [0, 0.05) is 18.6 Å². The number of nitrogens with zero attached hydrogens (tertiary/aromatic N) is 1. The average molecular weight is 290 g/mol. The van der Waals surface area contributed by atoms with Crippen LogP contribution in [0.3, 0.4) is 0 Å². The largest absolute Gasteiger partial charge is 0.494 e. The molecule has 1 fully saturated rings. The van der Waals surface area contributed by atoms with Crippen LogP contribution in [-0.4, -0.2) is 31.1 Å². The van der Waals surface area contributed by atoms with Crippen molar-refractivity contribution < 1.29 is 4.74 Å². The Kier molecular flexibility index (Phi) is 6.07. The lowest BCUT2D eigenvalue weighted by molar-refractivity contribution is 0.0992. The first-order valence-electron chi connectivity index (χ1n) is 8.32. The number of benzene rings is 1. The molecular formula is C18H30N2O. The zero-order valence-corrected chi connectivity index (χ0v) is 13.7. The van der Waals surface area contributed by atoms with Crippen molar-refractivity contribution in [2.75, 3.05) is 20.2 Å². The van der Waals surface area contributed by atoms with Crippen LogP contribution < -0.4 is 10.5 Å². The molecule has 0 amide bonds. The molecule has 0 bridgehead atoms. The smallest absolute Gasteiger partial charge is 0.119 e. The van der Waals surface area contributed by atoms with Crippen molar-refractivity contribution in [3.05, 3.63) is 29.8 Å². The Morgan fingerprint density at radius 2 is 1.90 bits per heavy atom. The molecule has 2 N–H and O–H groups in total. The van der Waals surface area contributed by atoms with Gasteiger partial charge in [-0.15, -0.1) is 0 Å². The number of rotatable bonds is 6. The standard InChI is InChI=1S/C18H30N2O/c1-4-21-16-11-9-15(10-12-16)18(13-19)20(3)17-8-6-5-7-14(17)2/h9-12,14,17-18H,4-8,13,19H2,1-3H3. The number of nitrogens with two attached hydrogens (primary N) is 1. The molecule has 1 aromatic rings. The molecule has 3 nitrogen and oxygen atoms in total. The second kappa shape index (κ2) is 7.81. The number of likely N-dealkylation sites (N-methyl/N-ethyl adjacent to an activating group) is 1. The lowest BCUT2D eigenvalue weighted by Gasteiger charge is -2.40. The number of hydrogen-bond acceptors (Lipinski definition) is 3. The Morgan fingerprint density at radius 1 is 1.24 bits per heavy atom. The molecule has 3 atom stereocenters. The fourth-order valence-electron chi connectivity index (χ4n) is 3.62. The van der Waals surface area contributed by atoms with Gasteiger partial charge in [0.15, 0.2) is 0 Å². The SMILES string of the molecule is CCOc1ccc(C(CN)N(C)C2CCCCC2C)cc1. The van der Waals surface area contributed by atoms with E-state index in [4.69, 9.17) is 10.5 Å². The van der Waals surface area contributed by atoms with E-state index >= 15 is 0 Å². The monoisotopic (exact) mass is 290 g/mol. The van der Waals surface area contributed by atoms with Crippen LogP contribution in [0.5, 0.6) is 5.75 Å². The van der Waals surface area contributed by atoms with Crippen molar-refractivity contribution >= 4 is 0 Å². The summed E-state index contributed by atoms with van der Waals surface area (Å²) >= 11 is 0.